The average Bonchev–Trinajstić information content (AvgIpc) is 3.03. The third-order valence-electron chi connectivity index (χ3n) is 3.92. The SMILES string of the molecule is Cc1cccc(OCCCNC(=O)c2nc(C)n(-c3ccccc3Cl)n2)c1. The van der Waals surface area contributed by atoms with Crippen molar-refractivity contribution in [2.75, 3.05) is 13.2 Å². The summed E-state index contributed by atoms with van der Waals surface area (Å²) in [6.07, 6.45) is 0.684. The zero-order valence-electron chi connectivity index (χ0n) is 15.3. The summed E-state index contributed by atoms with van der Waals surface area (Å²) in [5.41, 5.74) is 1.84. The number of benzene rings is 2. The van der Waals surface area contributed by atoms with Crippen molar-refractivity contribution >= 4 is 17.5 Å². The van der Waals surface area contributed by atoms with E-state index in [1.54, 1.807) is 17.7 Å². The normalized spacial score (nSPS) is 10.6. The number of ether oxygens (including phenoxy) is 1. The Balaban J connectivity index is 1.51. The number of carbonyl (C=O) groups excluding carboxylic acids is 1. The second-order valence-electron chi connectivity index (χ2n) is 6.12. The fourth-order valence-corrected chi connectivity index (χ4v) is 2.80. The van der Waals surface area contributed by atoms with E-state index in [-0.39, 0.29) is 11.7 Å². The summed E-state index contributed by atoms with van der Waals surface area (Å²) < 4.78 is 7.23. The number of aromatic nitrogens is 3. The predicted molar refractivity (Wildman–Crippen MR) is 105 cm³/mol. The number of carbonyl (C=O) groups is 1. The minimum Gasteiger partial charge on any atom is -0.494 e. The van der Waals surface area contributed by atoms with Crippen molar-refractivity contribution < 1.29 is 9.53 Å². The molecule has 0 aliphatic carbocycles. The number of nitrogens with zero attached hydrogens (tertiary/aromatic N) is 3. The van der Waals surface area contributed by atoms with E-state index in [0.29, 0.717) is 36.1 Å². The fraction of sp³-hybridized carbons (Fsp3) is 0.250. The fourth-order valence-electron chi connectivity index (χ4n) is 2.59. The predicted octanol–water partition coefficient (Wildman–Crippen LogP) is 3.74. The number of para-hydroxylation sites is 1. The Morgan fingerprint density at radius 2 is 2.00 bits per heavy atom. The van der Waals surface area contributed by atoms with Crippen LogP contribution in [0.4, 0.5) is 0 Å². The molecule has 7 heteroatoms. The van der Waals surface area contributed by atoms with Crippen molar-refractivity contribution in [3.63, 3.8) is 0 Å². The Bertz CT molecular complexity index is 939. The van der Waals surface area contributed by atoms with Crippen LogP contribution in [0.25, 0.3) is 5.69 Å². The van der Waals surface area contributed by atoms with Crippen LogP contribution in [0.5, 0.6) is 5.75 Å². The van der Waals surface area contributed by atoms with Gasteiger partial charge in [0.2, 0.25) is 5.82 Å². The number of hydrogen-bond acceptors (Lipinski definition) is 4. The van der Waals surface area contributed by atoms with Gasteiger partial charge in [-0.25, -0.2) is 9.67 Å². The van der Waals surface area contributed by atoms with Crippen LogP contribution in [-0.4, -0.2) is 33.8 Å². The molecule has 0 aliphatic heterocycles. The van der Waals surface area contributed by atoms with Gasteiger partial charge in [0.25, 0.3) is 5.91 Å². The lowest BCUT2D eigenvalue weighted by molar-refractivity contribution is 0.0941. The highest BCUT2D eigenvalue weighted by atomic mass is 35.5. The highest BCUT2D eigenvalue weighted by Crippen LogP contribution is 2.20. The standard InChI is InChI=1S/C20H21ClN4O2/c1-14-7-5-8-16(13-14)27-12-6-11-22-20(26)19-23-15(2)25(24-19)18-10-4-3-9-17(18)21/h3-5,7-10,13H,6,11-12H2,1-2H3,(H,22,26). The van der Waals surface area contributed by atoms with Gasteiger partial charge in [0, 0.05) is 6.54 Å². The van der Waals surface area contributed by atoms with Crippen molar-refractivity contribution in [3.05, 3.63) is 70.8 Å². The third kappa shape index (κ3) is 4.86. The number of hydrogen-bond donors (Lipinski definition) is 1. The maximum atomic E-state index is 12.3. The number of halogens is 1. The second kappa shape index (κ2) is 8.68. The van der Waals surface area contributed by atoms with E-state index in [1.165, 1.54) is 0 Å². The Labute approximate surface area is 163 Å². The molecule has 0 atom stereocenters. The molecule has 1 heterocycles. The van der Waals surface area contributed by atoms with Gasteiger partial charge in [0.15, 0.2) is 0 Å². The van der Waals surface area contributed by atoms with Gasteiger partial charge in [-0.3, -0.25) is 4.79 Å². The molecule has 0 unspecified atom stereocenters. The van der Waals surface area contributed by atoms with E-state index in [4.69, 9.17) is 16.3 Å². The van der Waals surface area contributed by atoms with Gasteiger partial charge < -0.3 is 10.1 Å². The minimum absolute atomic E-state index is 0.118. The molecule has 0 saturated carbocycles. The van der Waals surface area contributed by atoms with Gasteiger partial charge in [0.05, 0.1) is 17.3 Å². The Hall–Kier alpha value is -2.86. The van der Waals surface area contributed by atoms with E-state index in [0.717, 1.165) is 11.3 Å². The molecule has 140 valence electrons. The van der Waals surface area contributed by atoms with Gasteiger partial charge in [-0.15, -0.1) is 5.10 Å². The Morgan fingerprint density at radius 1 is 1.19 bits per heavy atom. The summed E-state index contributed by atoms with van der Waals surface area (Å²) in [5.74, 6) is 1.22. The first kappa shape index (κ1) is 18.9. The largest absolute Gasteiger partial charge is 0.494 e. The highest BCUT2D eigenvalue weighted by Gasteiger charge is 2.16. The van der Waals surface area contributed by atoms with Gasteiger partial charge in [-0.2, -0.15) is 0 Å². The molecule has 0 radical (unpaired) electrons. The summed E-state index contributed by atoms with van der Waals surface area (Å²) in [7, 11) is 0. The molecule has 1 amide bonds. The van der Waals surface area contributed by atoms with Crippen LogP contribution >= 0.6 is 11.6 Å². The summed E-state index contributed by atoms with van der Waals surface area (Å²) in [5, 5.41) is 7.63. The molecule has 3 rings (SSSR count). The van der Waals surface area contributed by atoms with Crippen LogP contribution < -0.4 is 10.1 Å². The summed E-state index contributed by atoms with van der Waals surface area (Å²) in [6.45, 7) is 4.79. The van der Waals surface area contributed by atoms with Crippen molar-refractivity contribution in [2.45, 2.75) is 20.3 Å². The van der Waals surface area contributed by atoms with E-state index in [2.05, 4.69) is 15.4 Å². The Morgan fingerprint density at radius 3 is 2.78 bits per heavy atom. The first-order valence-electron chi connectivity index (χ1n) is 8.71. The van der Waals surface area contributed by atoms with Crippen molar-refractivity contribution in [1.82, 2.24) is 20.1 Å². The Kier molecular flexibility index (Phi) is 6.08. The zero-order valence-corrected chi connectivity index (χ0v) is 16.0. The molecular weight excluding hydrogens is 364 g/mol. The van der Waals surface area contributed by atoms with E-state index >= 15 is 0 Å². The lowest BCUT2D eigenvalue weighted by Crippen LogP contribution is -2.26. The van der Waals surface area contributed by atoms with Gasteiger partial charge >= 0.3 is 0 Å². The monoisotopic (exact) mass is 384 g/mol. The topological polar surface area (TPSA) is 69.0 Å². The number of nitrogens with one attached hydrogen (secondary N) is 1. The molecule has 1 N–H and O–H groups in total. The van der Waals surface area contributed by atoms with Crippen LogP contribution in [0, 0.1) is 13.8 Å². The molecule has 3 aromatic rings. The first-order chi connectivity index (χ1) is 13.0. The number of rotatable bonds is 7. The van der Waals surface area contributed by atoms with Crippen LogP contribution in [0.3, 0.4) is 0 Å². The zero-order chi connectivity index (χ0) is 19.2. The maximum absolute atomic E-state index is 12.3. The van der Waals surface area contributed by atoms with Gasteiger partial charge in [-0.05, 0) is 50.1 Å². The van der Waals surface area contributed by atoms with Crippen LogP contribution in [-0.2, 0) is 0 Å². The lowest BCUT2D eigenvalue weighted by Gasteiger charge is -2.07. The number of aryl methyl sites for hydroxylation is 2. The minimum atomic E-state index is -0.320. The molecular formula is C20H21ClN4O2. The second-order valence-corrected chi connectivity index (χ2v) is 6.53. The average molecular weight is 385 g/mol. The van der Waals surface area contributed by atoms with Crippen molar-refractivity contribution in [1.29, 1.82) is 0 Å². The smallest absolute Gasteiger partial charge is 0.290 e. The lowest BCUT2D eigenvalue weighted by atomic mass is 10.2. The molecule has 0 bridgehead atoms. The quantitative estimate of drug-likeness (QED) is 0.630. The molecule has 0 fully saturated rings. The van der Waals surface area contributed by atoms with Gasteiger partial charge in [0.1, 0.15) is 11.6 Å². The van der Waals surface area contributed by atoms with Crippen LogP contribution in [0.2, 0.25) is 5.02 Å². The molecule has 2 aromatic carbocycles. The maximum Gasteiger partial charge on any atom is 0.290 e. The van der Waals surface area contributed by atoms with Crippen LogP contribution in [0.15, 0.2) is 48.5 Å². The highest BCUT2D eigenvalue weighted by molar-refractivity contribution is 6.32. The van der Waals surface area contributed by atoms with Crippen molar-refractivity contribution in [2.24, 2.45) is 0 Å². The summed E-state index contributed by atoms with van der Waals surface area (Å²) >= 11 is 6.20. The molecule has 1 aromatic heterocycles. The number of amides is 1. The van der Waals surface area contributed by atoms with Gasteiger partial charge in [-0.1, -0.05) is 35.9 Å². The summed E-state index contributed by atoms with van der Waals surface area (Å²) in [6, 6.07) is 15.2. The molecule has 0 saturated heterocycles. The summed E-state index contributed by atoms with van der Waals surface area (Å²) in [4.78, 5) is 16.5. The molecule has 0 spiro atoms. The first-order valence-corrected chi connectivity index (χ1v) is 9.08. The third-order valence-corrected chi connectivity index (χ3v) is 4.24. The van der Waals surface area contributed by atoms with Crippen molar-refractivity contribution in [3.8, 4) is 11.4 Å². The van der Waals surface area contributed by atoms with E-state index in [9.17, 15) is 4.79 Å². The molecule has 27 heavy (non-hydrogen) atoms. The molecule has 0 aliphatic rings. The molecule has 6 nitrogen and oxygen atoms in total. The van der Waals surface area contributed by atoms with E-state index in [1.807, 2.05) is 49.4 Å². The van der Waals surface area contributed by atoms with Crippen LogP contribution in [0.1, 0.15) is 28.4 Å². The van der Waals surface area contributed by atoms with E-state index < -0.39 is 0 Å².